The number of nitrogens with zero attached hydrogens (tertiary/aromatic N) is 1. The van der Waals surface area contributed by atoms with Gasteiger partial charge in [0.1, 0.15) is 5.75 Å². The second-order valence-corrected chi connectivity index (χ2v) is 8.02. The highest BCUT2D eigenvalue weighted by Crippen LogP contribution is 2.18. The Morgan fingerprint density at radius 1 is 1.35 bits per heavy atom. The van der Waals surface area contributed by atoms with Crippen molar-refractivity contribution in [1.82, 2.24) is 4.90 Å². The number of anilines is 1. The monoisotopic (exact) mass is 340 g/mol. The number of sulfone groups is 1. The number of carbonyl (C=O) groups excluding carboxylic acids is 1. The molecule has 1 amide bonds. The van der Waals surface area contributed by atoms with E-state index in [-0.39, 0.29) is 23.5 Å². The van der Waals surface area contributed by atoms with Crippen molar-refractivity contribution in [2.75, 3.05) is 37.0 Å². The van der Waals surface area contributed by atoms with E-state index in [0.29, 0.717) is 26.0 Å². The molecule has 1 heterocycles. The second kappa shape index (κ2) is 7.79. The Bertz CT molecular complexity index is 628. The van der Waals surface area contributed by atoms with Crippen molar-refractivity contribution in [3.8, 4) is 5.75 Å². The molecule has 1 N–H and O–H groups in total. The molecule has 23 heavy (non-hydrogen) atoms. The number of benzene rings is 1. The van der Waals surface area contributed by atoms with Crippen LogP contribution in [0, 0.1) is 0 Å². The van der Waals surface area contributed by atoms with Gasteiger partial charge in [0.05, 0.1) is 18.1 Å². The molecule has 1 atom stereocenters. The van der Waals surface area contributed by atoms with Crippen molar-refractivity contribution < 1.29 is 17.9 Å². The lowest BCUT2D eigenvalue weighted by molar-refractivity contribution is -0.116. The van der Waals surface area contributed by atoms with Gasteiger partial charge in [-0.25, -0.2) is 8.42 Å². The van der Waals surface area contributed by atoms with Gasteiger partial charge in [-0.15, -0.1) is 0 Å². The standard InChI is InChI=1S/C16H24N2O4S/c1-3-22-15-6-4-13(5-7-15)17-16(19)8-10-18(2)14-9-11-23(20,21)12-14/h4-7,14H,3,8-12H2,1-2H3,(H,17,19). The topological polar surface area (TPSA) is 75.7 Å². The van der Waals surface area contributed by atoms with E-state index in [4.69, 9.17) is 4.74 Å². The normalized spacial score (nSPS) is 19.7. The van der Waals surface area contributed by atoms with Gasteiger partial charge in [-0.2, -0.15) is 0 Å². The number of rotatable bonds is 7. The molecule has 0 spiro atoms. The van der Waals surface area contributed by atoms with Gasteiger partial charge in [0.2, 0.25) is 5.91 Å². The number of hydrogen-bond acceptors (Lipinski definition) is 5. The van der Waals surface area contributed by atoms with Crippen LogP contribution in [0.5, 0.6) is 5.75 Å². The molecular formula is C16H24N2O4S. The largest absolute Gasteiger partial charge is 0.494 e. The fourth-order valence-electron chi connectivity index (χ4n) is 2.61. The number of carbonyl (C=O) groups is 1. The van der Waals surface area contributed by atoms with Crippen LogP contribution in [0.3, 0.4) is 0 Å². The summed E-state index contributed by atoms with van der Waals surface area (Å²) in [5.74, 6) is 1.14. The quantitative estimate of drug-likeness (QED) is 0.815. The SMILES string of the molecule is CCOc1ccc(NC(=O)CCN(C)C2CCS(=O)(=O)C2)cc1. The van der Waals surface area contributed by atoms with Crippen LogP contribution in [0.2, 0.25) is 0 Å². The van der Waals surface area contributed by atoms with E-state index in [1.54, 1.807) is 12.1 Å². The third-order valence-corrected chi connectivity index (χ3v) is 5.72. The van der Waals surface area contributed by atoms with Gasteiger partial charge in [-0.05, 0) is 44.7 Å². The second-order valence-electron chi connectivity index (χ2n) is 5.79. The summed E-state index contributed by atoms with van der Waals surface area (Å²) in [6.07, 6.45) is 0.986. The molecule has 0 aromatic heterocycles. The first-order chi connectivity index (χ1) is 10.9. The van der Waals surface area contributed by atoms with E-state index in [1.165, 1.54) is 0 Å². The Labute approximate surface area is 137 Å². The fraction of sp³-hybridized carbons (Fsp3) is 0.562. The van der Waals surface area contributed by atoms with E-state index in [9.17, 15) is 13.2 Å². The summed E-state index contributed by atoms with van der Waals surface area (Å²) in [4.78, 5) is 13.9. The molecule has 0 radical (unpaired) electrons. The van der Waals surface area contributed by atoms with Crippen LogP contribution < -0.4 is 10.1 Å². The zero-order chi connectivity index (χ0) is 16.9. The van der Waals surface area contributed by atoms with Crippen LogP contribution in [0.15, 0.2) is 24.3 Å². The molecule has 1 unspecified atom stereocenters. The lowest BCUT2D eigenvalue weighted by atomic mass is 10.2. The zero-order valence-electron chi connectivity index (χ0n) is 13.6. The summed E-state index contributed by atoms with van der Waals surface area (Å²) in [6, 6.07) is 7.26. The number of hydrogen-bond donors (Lipinski definition) is 1. The van der Waals surface area contributed by atoms with Gasteiger partial charge >= 0.3 is 0 Å². The van der Waals surface area contributed by atoms with Crippen LogP contribution in [0.25, 0.3) is 0 Å². The molecule has 6 nitrogen and oxygen atoms in total. The molecule has 2 rings (SSSR count). The average Bonchev–Trinajstić information content (AvgIpc) is 2.87. The predicted molar refractivity (Wildman–Crippen MR) is 90.5 cm³/mol. The molecular weight excluding hydrogens is 316 g/mol. The Hall–Kier alpha value is -1.60. The highest BCUT2D eigenvalue weighted by atomic mass is 32.2. The van der Waals surface area contributed by atoms with Crippen LogP contribution in [0.4, 0.5) is 5.69 Å². The molecule has 1 aromatic carbocycles. The van der Waals surface area contributed by atoms with E-state index < -0.39 is 9.84 Å². The summed E-state index contributed by atoms with van der Waals surface area (Å²) >= 11 is 0. The Morgan fingerprint density at radius 3 is 2.61 bits per heavy atom. The summed E-state index contributed by atoms with van der Waals surface area (Å²) in [5.41, 5.74) is 0.726. The number of amides is 1. The average molecular weight is 340 g/mol. The van der Waals surface area contributed by atoms with Gasteiger partial charge in [0.25, 0.3) is 0 Å². The van der Waals surface area contributed by atoms with Crippen molar-refractivity contribution in [3.63, 3.8) is 0 Å². The minimum absolute atomic E-state index is 0.0262. The van der Waals surface area contributed by atoms with Crippen molar-refractivity contribution in [3.05, 3.63) is 24.3 Å². The third kappa shape index (κ3) is 5.51. The van der Waals surface area contributed by atoms with E-state index in [2.05, 4.69) is 5.32 Å². The first-order valence-electron chi connectivity index (χ1n) is 7.83. The predicted octanol–water partition coefficient (Wildman–Crippen LogP) is 1.53. The summed E-state index contributed by atoms with van der Waals surface area (Å²) < 4.78 is 28.3. The Morgan fingerprint density at radius 2 is 2.04 bits per heavy atom. The van der Waals surface area contributed by atoms with E-state index >= 15 is 0 Å². The smallest absolute Gasteiger partial charge is 0.225 e. The Kier molecular flexibility index (Phi) is 6.01. The van der Waals surface area contributed by atoms with Gasteiger partial charge in [0, 0.05) is 24.7 Å². The minimum Gasteiger partial charge on any atom is -0.494 e. The van der Waals surface area contributed by atoms with Gasteiger partial charge < -0.3 is 15.0 Å². The Balaban J connectivity index is 1.76. The lowest BCUT2D eigenvalue weighted by Crippen LogP contribution is -2.35. The van der Waals surface area contributed by atoms with Gasteiger partial charge in [-0.3, -0.25) is 4.79 Å². The molecule has 1 aromatic rings. The van der Waals surface area contributed by atoms with Crippen LogP contribution in [-0.4, -0.2) is 57.0 Å². The molecule has 1 fully saturated rings. The summed E-state index contributed by atoms with van der Waals surface area (Å²) in [6.45, 7) is 3.07. The number of ether oxygens (including phenoxy) is 1. The fourth-order valence-corrected chi connectivity index (χ4v) is 4.41. The molecule has 7 heteroatoms. The first-order valence-corrected chi connectivity index (χ1v) is 9.65. The number of nitrogens with one attached hydrogen (secondary N) is 1. The van der Waals surface area contributed by atoms with Crippen molar-refractivity contribution in [2.45, 2.75) is 25.8 Å². The summed E-state index contributed by atoms with van der Waals surface area (Å²) in [5, 5.41) is 2.83. The maximum absolute atomic E-state index is 12.0. The lowest BCUT2D eigenvalue weighted by Gasteiger charge is -2.22. The minimum atomic E-state index is -2.89. The van der Waals surface area contributed by atoms with Crippen LogP contribution >= 0.6 is 0 Å². The van der Waals surface area contributed by atoms with Gasteiger partial charge in [-0.1, -0.05) is 0 Å². The third-order valence-electron chi connectivity index (χ3n) is 3.97. The maximum Gasteiger partial charge on any atom is 0.225 e. The molecule has 128 valence electrons. The molecule has 0 saturated carbocycles. The molecule has 0 bridgehead atoms. The molecule has 1 saturated heterocycles. The molecule has 1 aliphatic heterocycles. The van der Waals surface area contributed by atoms with Crippen molar-refractivity contribution in [1.29, 1.82) is 0 Å². The van der Waals surface area contributed by atoms with E-state index in [0.717, 1.165) is 11.4 Å². The maximum atomic E-state index is 12.0. The first kappa shape index (κ1) is 17.7. The van der Waals surface area contributed by atoms with Crippen LogP contribution in [-0.2, 0) is 14.6 Å². The van der Waals surface area contributed by atoms with Gasteiger partial charge in [0.15, 0.2) is 9.84 Å². The zero-order valence-corrected chi connectivity index (χ0v) is 14.4. The van der Waals surface area contributed by atoms with Crippen molar-refractivity contribution in [2.24, 2.45) is 0 Å². The summed E-state index contributed by atoms with van der Waals surface area (Å²) in [7, 11) is -1.02. The van der Waals surface area contributed by atoms with Crippen LogP contribution in [0.1, 0.15) is 19.8 Å². The van der Waals surface area contributed by atoms with Crippen molar-refractivity contribution >= 4 is 21.4 Å². The molecule has 1 aliphatic rings. The van der Waals surface area contributed by atoms with E-state index in [1.807, 2.05) is 31.0 Å². The highest BCUT2D eigenvalue weighted by Gasteiger charge is 2.30. The molecule has 0 aliphatic carbocycles. The highest BCUT2D eigenvalue weighted by molar-refractivity contribution is 7.91.